The van der Waals surface area contributed by atoms with Crippen LogP contribution >= 0.6 is 11.6 Å². The molecule has 7 heteroatoms. The molecule has 0 aromatic heterocycles. The van der Waals surface area contributed by atoms with E-state index in [2.05, 4.69) is 10.6 Å². The van der Waals surface area contributed by atoms with Crippen LogP contribution in [0.2, 0.25) is 5.02 Å². The van der Waals surface area contributed by atoms with Gasteiger partial charge in [0, 0.05) is 16.3 Å². The van der Waals surface area contributed by atoms with Crippen LogP contribution in [0, 0.1) is 0 Å². The van der Waals surface area contributed by atoms with Gasteiger partial charge in [-0.05, 0) is 43.3 Å². The molecular formula is C18H17ClN2O4. The monoisotopic (exact) mass is 360 g/mol. The van der Waals surface area contributed by atoms with Crippen LogP contribution in [0.15, 0.2) is 48.5 Å². The smallest absolute Gasteiger partial charge is 0.258 e. The number of rotatable bonds is 7. The summed E-state index contributed by atoms with van der Waals surface area (Å²) >= 11 is 5.75. The maximum Gasteiger partial charge on any atom is 0.258 e. The number of halogens is 1. The van der Waals surface area contributed by atoms with E-state index in [0.29, 0.717) is 22.0 Å². The van der Waals surface area contributed by atoms with E-state index in [0.717, 1.165) is 0 Å². The summed E-state index contributed by atoms with van der Waals surface area (Å²) in [6.07, 6.45) is 0. The van der Waals surface area contributed by atoms with E-state index < -0.39 is 11.8 Å². The van der Waals surface area contributed by atoms with Crippen molar-refractivity contribution in [3.05, 3.63) is 59.1 Å². The molecule has 0 unspecified atom stereocenters. The number of hydrogen-bond acceptors (Lipinski definition) is 4. The van der Waals surface area contributed by atoms with Crippen molar-refractivity contribution in [3.63, 3.8) is 0 Å². The molecule has 0 radical (unpaired) electrons. The lowest BCUT2D eigenvalue weighted by Gasteiger charge is -2.09. The Labute approximate surface area is 150 Å². The number of carbonyl (C=O) groups excluding carboxylic acids is 3. The van der Waals surface area contributed by atoms with E-state index in [1.54, 1.807) is 48.5 Å². The zero-order valence-electron chi connectivity index (χ0n) is 13.5. The minimum Gasteiger partial charge on any atom is -0.484 e. The first-order valence-electron chi connectivity index (χ1n) is 7.50. The van der Waals surface area contributed by atoms with Crippen molar-refractivity contribution in [2.24, 2.45) is 0 Å². The molecule has 0 heterocycles. The van der Waals surface area contributed by atoms with Gasteiger partial charge in [0.25, 0.3) is 5.91 Å². The van der Waals surface area contributed by atoms with Gasteiger partial charge >= 0.3 is 0 Å². The summed E-state index contributed by atoms with van der Waals surface area (Å²) < 4.78 is 5.28. The Morgan fingerprint density at radius 1 is 1.04 bits per heavy atom. The van der Waals surface area contributed by atoms with E-state index in [9.17, 15) is 14.4 Å². The van der Waals surface area contributed by atoms with Crippen LogP contribution in [-0.2, 0) is 9.59 Å². The molecule has 0 atom stereocenters. The van der Waals surface area contributed by atoms with Crippen LogP contribution in [0.25, 0.3) is 0 Å². The maximum atomic E-state index is 11.8. The summed E-state index contributed by atoms with van der Waals surface area (Å²) in [4.78, 5) is 34.9. The molecule has 0 aliphatic carbocycles. The van der Waals surface area contributed by atoms with Gasteiger partial charge in [0.2, 0.25) is 5.91 Å². The average Bonchev–Trinajstić information content (AvgIpc) is 2.59. The Bertz CT molecular complexity index is 775. The quantitative estimate of drug-likeness (QED) is 0.743. The fraction of sp³-hybridized carbons (Fsp3) is 0.167. The van der Waals surface area contributed by atoms with E-state index in [4.69, 9.17) is 16.3 Å². The van der Waals surface area contributed by atoms with Crippen LogP contribution in [0.3, 0.4) is 0 Å². The van der Waals surface area contributed by atoms with Gasteiger partial charge in [-0.3, -0.25) is 14.4 Å². The van der Waals surface area contributed by atoms with E-state index in [-0.39, 0.29) is 18.9 Å². The summed E-state index contributed by atoms with van der Waals surface area (Å²) in [6.45, 7) is 1.03. The number of ether oxygens (including phenoxy) is 1. The van der Waals surface area contributed by atoms with Crippen molar-refractivity contribution in [2.75, 3.05) is 18.5 Å². The van der Waals surface area contributed by atoms with Crippen LogP contribution in [0.4, 0.5) is 5.69 Å². The van der Waals surface area contributed by atoms with Gasteiger partial charge < -0.3 is 15.4 Å². The topological polar surface area (TPSA) is 84.5 Å². The van der Waals surface area contributed by atoms with Gasteiger partial charge in [0.15, 0.2) is 12.4 Å². The molecule has 0 aliphatic rings. The largest absolute Gasteiger partial charge is 0.484 e. The van der Waals surface area contributed by atoms with E-state index in [1.165, 1.54) is 6.92 Å². The normalized spacial score (nSPS) is 10.0. The summed E-state index contributed by atoms with van der Waals surface area (Å²) in [6, 6.07) is 13.2. The molecule has 2 rings (SSSR count). The molecule has 2 amide bonds. The van der Waals surface area contributed by atoms with Crippen molar-refractivity contribution in [1.29, 1.82) is 0 Å². The highest BCUT2D eigenvalue weighted by Crippen LogP contribution is 2.15. The molecule has 2 aromatic rings. The summed E-state index contributed by atoms with van der Waals surface area (Å²) in [7, 11) is 0. The number of ketones is 1. The van der Waals surface area contributed by atoms with Gasteiger partial charge in [-0.1, -0.05) is 23.7 Å². The molecule has 130 valence electrons. The van der Waals surface area contributed by atoms with Crippen molar-refractivity contribution in [1.82, 2.24) is 5.32 Å². The molecule has 0 bridgehead atoms. The summed E-state index contributed by atoms with van der Waals surface area (Å²) in [5, 5.41) is 5.64. The first-order chi connectivity index (χ1) is 11.9. The fourth-order valence-corrected chi connectivity index (χ4v) is 2.06. The molecular weight excluding hydrogens is 344 g/mol. The number of nitrogens with one attached hydrogen (secondary N) is 2. The number of hydrogen-bond donors (Lipinski definition) is 2. The molecule has 0 saturated heterocycles. The van der Waals surface area contributed by atoms with Gasteiger partial charge in [-0.15, -0.1) is 0 Å². The van der Waals surface area contributed by atoms with Crippen molar-refractivity contribution in [2.45, 2.75) is 6.92 Å². The average molecular weight is 361 g/mol. The third-order valence-electron chi connectivity index (χ3n) is 3.18. The molecule has 0 fully saturated rings. The van der Waals surface area contributed by atoms with Crippen molar-refractivity contribution < 1.29 is 19.1 Å². The number of Topliss-reactive ketones (excluding diaryl/α,β-unsaturated/α-hetero) is 1. The lowest BCUT2D eigenvalue weighted by atomic mass is 10.1. The lowest BCUT2D eigenvalue weighted by Crippen LogP contribution is -2.35. The van der Waals surface area contributed by atoms with Crippen LogP contribution in [0.5, 0.6) is 5.75 Å². The fourth-order valence-electron chi connectivity index (χ4n) is 1.93. The van der Waals surface area contributed by atoms with E-state index >= 15 is 0 Å². The highest BCUT2D eigenvalue weighted by atomic mass is 35.5. The minimum atomic E-state index is -0.428. The number of benzene rings is 2. The molecule has 6 nitrogen and oxygen atoms in total. The minimum absolute atomic E-state index is 0.0938. The predicted octanol–water partition coefficient (Wildman–Crippen LogP) is 2.68. The van der Waals surface area contributed by atoms with Crippen LogP contribution in [-0.4, -0.2) is 30.7 Å². The molecule has 2 aromatic carbocycles. The Kier molecular flexibility index (Phi) is 6.54. The van der Waals surface area contributed by atoms with Gasteiger partial charge in [0.05, 0.1) is 6.54 Å². The molecule has 2 N–H and O–H groups in total. The number of anilines is 1. The second-order valence-corrected chi connectivity index (χ2v) is 5.64. The molecule has 0 saturated carbocycles. The summed E-state index contributed by atoms with van der Waals surface area (Å²) in [5.74, 6) is -0.420. The first kappa shape index (κ1) is 18.5. The zero-order valence-corrected chi connectivity index (χ0v) is 14.3. The Morgan fingerprint density at radius 3 is 2.44 bits per heavy atom. The van der Waals surface area contributed by atoms with Crippen molar-refractivity contribution in [3.8, 4) is 5.75 Å². The SMILES string of the molecule is CC(=O)c1cccc(NC(=O)CNC(=O)COc2ccc(Cl)cc2)c1. The predicted molar refractivity (Wildman–Crippen MR) is 95.0 cm³/mol. The molecule has 25 heavy (non-hydrogen) atoms. The second kappa shape index (κ2) is 8.84. The second-order valence-electron chi connectivity index (χ2n) is 5.20. The van der Waals surface area contributed by atoms with Crippen LogP contribution in [0.1, 0.15) is 17.3 Å². The molecule has 0 aliphatic heterocycles. The maximum absolute atomic E-state index is 11.8. The van der Waals surface area contributed by atoms with E-state index in [1.807, 2.05) is 0 Å². The third-order valence-corrected chi connectivity index (χ3v) is 3.43. The Morgan fingerprint density at radius 2 is 1.76 bits per heavy atom. The number of carbonyl (C=O) groups is 3. The van der Waals surface area contributed by atoms with Crippen molar-refractivity contribution >= 4 is 34.9 Å². The lowest BCUT2D eigenvalue weighted by molar-refractivity contribution is -0.125. The number of amides is 2. The zero-order chi connectivity index (χ0) is 18.2. The highest BCUT2D eigenvalue weighted by Gasteiger charge is 2.08. The van der Waals surface area contributed by atoms with Gasteiger partial charge in [-0.25, -0.2) is 0 Å². The standard InChI is InChI=1S/C18H17ClN2O4/c1-12(22)13-3-2-4-15(9-13)21-17(23)10-20-18(24)11-25-16-7-5-14(19)6-8-16/h2-9H,10-11H2,1H3,(H,20,24)(H,21,23). The Balaban J connectivity index is 1.75. The van der Waals surface area contributed by atoms with Gasteiger partial charge in [0.1, 0.15) is 5.75 Å². The third kappa shape index (κ3) is 6.27. The first-order valence-corrected chi connectivity index (χ1v) is 7.88. The van der Waals surface area contributed by atoms with Crippen LogP contribution < -0.4 is 15.4 Å². The Hall–Kier alpha value is -2.86. The highest BCUT2D eigenvalue weighted by molar-refractivity contribution is 6.30. The molecule has 0 spiro atoms. The van der Waals surface area contributed by atoms with Gasteiger partial charge in [-0.2, -0.15) is 0 Å². The summed E-state index contributed by atoms with van der Waals surface area (Å²) in [5.41, 5.74) is 0.988.